The Morgan fingerprint density at radius 2 is 2.17 bits per heavy atom. The van der Waals surface area contributed by atoms with E-state index in [9.17, 15) is 4.79 Å². The fourth-order valence-electron chi connectivity index (χ4n) is 1.52. The van der Waals surface area contributed by atoms with Crippen LogP contribution in [0.25, 0.3) is 0 Å². The molecule has 1 aromatic rings. The zero-order valence-corrected chi connectivity index (χ0v) is 11.9. The van der Waals surface area contributed by atoms with Crippen LogP contribution < -0.4 is 10.6 Å². The van der Waals surface area contributed by atoms with Crippen LogP contribution >= 0.6 is 11.8 Å². The van der Waals surface area contributed by atoms with Gasteiger partial charge in [-0.15, -0.1) is 0 Å². The summed E-state index contributed by atoms with van der Waals surface area (Å²) in [6.07, 6.45) is 0. The zero-order chi connectivity index (χ0) is 13.5. The fraction of sp³-hybridized carbons (Fsp3) is 0.462. The number of nitrogens with two attached hydrogens (primary N) is 1. The number of benzene rings is 1. The number of hydrogen-bond acceptors (Lipinski definition) is 5. The number of nitrogens with zero attached hydrogens (tertiary/aromatic N) is 1. The molecule has 0 atom stereocenters. The molecule has 100 valence electrons. The lowest BCUT2D eigenvalue weighted by Crippen LogP contribution is -2.16. The third-order valence-corrected chi connectivity index (χ3v) is 3.25. The Hall–Kier alpha value is -1.36. The van der Waals surface area contributed by atoms with Crippen molar-refractivity contribution < 1.29 is 9.53 Å². The predicted molar refractivity (Wildman–Crippen MR) is 78.5 cm³/mol. The Bertz CT molecular complexity index is 408. The summed E-state index contributed by atoms with van der Waals surface area (Å²) in [5.41, 5.74) is 7.61. The average Bonchev–Trinajstić information content (AvgIpc) is 2.34. The third-order valence-electron chi connectivity index (χ3n) is 2.39. The number of anilines is 2. The van der Waals surface area contributed by atoms with Crippen molar-refractivity contribution in [2.45, 2.75) is 6.92 Å². The molecule has 0 amide bonds. The van der Waals surface area contributed by atoms with Crippen molar-refractivity contribution in [3.63, 3.8) is 0 Å². The van der Waals surface area contributed by atoms with Gasteiger partial charge in [-0.2, -0.15) is 11.8 Å². The topological polar surface area (TPSA) is 55.6 Å². The molecule has 0 unspecified atom stereocenters. The molecule has 0 aromatic heterocycles. The molecule has 0 bridgehead atoms. The van der Waals surface area contributed by atoms with Gasteiger partial charge in [0.1, 0.15) is 6.61 Å². The van der Waals surface area contributed by atoms with E-state index in [0.717, 1.165) is 17.2 Å². The number of esters is 1. The maximum atomic E-state index is 12.0. The summed E-state index contributed by atoms with van der Waals surface area (Å²) in [4.78, 5) is 13.8. The van der Waals surface area contributed by atoms with E-state index < -0.39 is 0 Å². The number of rotatable bonds is 6. The number of carbonyl (C=O) groups excluding carboxylic acids is 1. The molecule has 0 fully saturated rings. The number of nitrogen functional groups attached to an aromatic ring is 1. The molecule has 0 saturated carbocycles. The van der Waals surface area contributed by atoms with Crippen LogP contribution in [0.3, 0.4) is 0 Å². The molecule has 0 aliphatic rings. The van der Waals surface area contributed by atoms with Gasteiger partial charge >= 0.3 is 5.97 Å². The van der Waals surface area contributed by atoms with Gasteiger partial charge in [0.25, 0.3) is 0 Å². The summed E-state index contributed by atoms with van der Waals surface area (Å²) in [5, 5.41) is 0. The van der Waals surface area contributed by atoms with E-state index in [1.807, 2.05) is 25.1 Å². The van der Waals surface area contributed by atoms with E-state index in [1.54, 1.807) is 23.9 Å². The number of ether oxygens (including phenoxy) is 1. The van der Waals surface area contributed by atoms with E-state index in [0.29, 0.717) is 17.9 Å². The summed E-state index contributed by atoms with van der Waals surface area (Å²) >= 11 is 1.75. The van der Waals surface area contributed by atoms with Crippen molar-refractivity contribution in [2.24, 2.45) is 0 Å². The molecule has 18 heavy (non-hydrogen) atoms. The van der Waals surface area contributed by atoms with Crippen LogP contribution in [-0.2, 0) is 4.74 Å². The minimum atomic E-state index is -0.317. The van der Waals surface area contributed by atoms with Crippen molar-refractivity contribution in [1.82, 2.24) is 0 Å². The summed E-state index contributed by atoms with van der Waals surface area (Å²) in [6.45, 7) is 2.51. The minimum absolute atomic E-state index is 0.317. The molecule has 1 aromatic carbocycles. The Labute approximate surface area is 112 Å². The lowest BCUT2D eigenvalue weighted by Gasteiger charge is -2.17. The molecule has 0 aliphatic carbocycles. The number of thioether (sulfide) groups is 1. The van der Waals surface area contributed by atoms with E-state index in [2.05, 4.69) is 6.92 Å². The van der Waals surface area contributed by atoms with Gasteiger partial charge < -0.3 is 15.4 Å². The first-order chi connectivity index (χ1) is 8.56. The normalized spacial score (nSPS) is 10.2. The van der Waals surface area contributed by atoms with Gasteiger partial charge in [-0.3, -0.25) is 0 Å². The molecule has 0 aliphatic heterocycles. The van der Waals surface area contributed by atoms with Crippen LogP contribution in [-0.4, -0.2) is 38.2 Å². The molecule has 0 saturated heterocycles. The van der Waals surface area contributed by atoms with Crippen LogP contribution in [0.1, 0.15) is 17.3 Å². The largest absolute Gasteiger partial charge is 0.461 e. The number of carbonyl (C=O) groups is 1. The summed E-state index contributed by atoms with van der Waals surface area (Å²) in [5.74, 6) is 1.53. The van der Waals surface area contributed by atoms with Crippen LogP contribution in [0, 0.1) is 0 Å². The van der Waals surface area contributed by atoms with Gasteiger partial charge in [0, 0.05) is 25.5 Å². The van der Waals surface area contributed by atoms with Gasteiger partial charge in [-0.05, 0) is 24.0 Å². The minimum Gasteiger partial charge on any atom is -0.461 e. The van der Waals surface area contributed by atoms with Gasteiger partial charge in [0.15, 0.2) is 0 Å². The number of hydrogen-bond donors (Lipinski definition) is 1. The summed E-state index contributed by atoms with van der Waals surface area (Å²) in [6, 6.07) is 5.26. The standard InChI is InChI=1S/C13H20N2O2S/c1-4-18-8-7-17-13(16)11-9-10(14)5-6-12(11)15(2)3/h5-6,9H,4,7-8,14H2,1-3H3. The van der Waals surface area contributed by atoms with E-state index in [-0.39, 0.29) is 5.97 Å². The van der Waals surface area contributed by atoms with Gasteiger partial charge in [-0.1, -0.05) is 6.92 Å². The molecular weight excluding hydrogens is 248 g/mol. The monoisotopic (exact) mass is 268 g/mol. The van der Waals surface area contributed by atoms with Crippen molar-refractivity contribution >= 4 is 29.1 Å². The first-order valence-corrected chi connectivity index (χ1v) is 7.03. The van der Waals surface area contributed by atoms with Gasteiger partial charge in [0.05, 0.1) is 11.3 Å². The van der Waals surface area contributed by atoms with Crippen molar-refractivity contribution in [3.8, 4) is 0 Å². The van der Waals surface area contributed by atoms with Crippen molar-refractivity contribution in [3.05, 3.63) is 23.8 Å². The summed E-state index contributed by atoms with van der Waals surface area (Å²) < 4.78 is 5.23. The Balaban J connectivity index is 2.74. The highest BCUT2D eigenvalue weighted by molar-refractivity contribution is 7.99. The first-order valence-electron chi connectivity index (χ1n) is 5.88. The Kier molecular flexibility index (Phi) is 5.85. The predicted octanol–water partition coefficient (Wildman–Crippen LogP) is 2.24. The molecule has 0 spiro atoms. The second kappa shape index (κ2) is 7.16. The van der Waals surface area contributed by atoms with Crippen LogP contribution in [0.15, 0.2) is 18.2 Å². The highest BCUT2D eigenvalue weighted by Crippen LogP contribution is 2.22. The molecule has 4 nitrogen and oxygen atoms in total. The lowest BCUT2D eigenvalue weighted by molar-refractivity contribution is 0.0531. The van der Waals surface area contributed by atoms with E-state index >= 15 is 0 Å². The van der Waals surface area contributed by atoms with E-state index in [1.165, 1.54) is 0 Å². The second-order valence-corrected chi connectivity index (χ2v) is 5.40. The third kappa shape index (κ3) is 4.14. The average molecular weight is 268 g/mol. The van der Waals surface area contributed by atoms with Gasteiger partial charge in [-0.25, -0.2) is 4.79 Å². The highest BCUT2D eigenvalue weighted by atomic mass is 32.2. The molecule has 0 heterocycles. The molecule has 5 heteroatoms. The Morgan fingerprint density at radius 3 is 2.78 bits per heavy atom. The quantitative estimate of drug-likeness (QED) is 0.487. The van der Waals surface area contributed by atoms with Crippen LogP contribution in [0.2, 0.25) is 0 Å². The SMILES string of the molecule is CCSCCOC(=O)c1cc(N)ccc1N(C)C. The van der Waals surface area contributed by atoms with E-state index in [4.69, 9.17) is 10.5 Å². The smallest absolute Gasteiger partial charge is 0.340 e. The maximum Gasteiger partial charge on any atom is 0.340 e. The van der Waals surface area contributed by atoms with Gasteiger partial charge in [0.2, 0.25) is 0 Å². The highest BCUT2D eigenvalue weighted by Gasteiger charge is 2.14. The van der Waals surface area contributed by atoms with Crippen molar-refractivity contribution in [2.75, 3.05) is 42.8 Å². The molecule has 2 N–H and O–H groups in total. The second-order valence-electron chi connectivity index (χ2n) is 4.00. The van der Waals surface area contributed by atoms with Crippen LogP contribution in [0.5, 0.6) is 0 Å². The maximum absolute atomic E-state index is 12.0. The van der Waals surface area contributed by atoms with Crippen LogP contribution in [0.4, 0.5) is 11.4 Å². The molecule has 0 radical (unpaired) electrons. The molecule has 1 rings (SSSR count). The first kappa shape index (κ1) is 14.7. The van der Waals surface area contributed by atoms with Crippen molar-refractivity contribution in [1.29, 1.82) is 0 Å². The fourth-order valence-corrected chi connectivity index (χ4v) is 2.01. The lowest BCUT2D eigenvalue weighted by atomic mass is 10.1. The molecular formula is C13H20N2O2S. The summed E-state index contributed by atoms with van der Waals surface area (Å²) in [7, 11) is 3.77. The zero-order valence-electron chi connectivity index (χ0n) is 11.1. The Morgan fingerprint density at radius 1 is 1.44 bits per heavy atom.